The van der Waals surface area contributed by atoms with Crippen LogP contribution in [0, 0.1) is 0 Å². The third kappa shape index (κ3) is 25.6. The highest BCUT2D eigenvalue weighted by atomic mass is 35.5. The first-order valence-corrected chi connectivity index (χ1v) is 33.8. The van der Waals surface area contributed by atoms with Crippen molar-refractivity contribution in [2.45, 2.75) is 0 Å². The summed E-state index contributed by atoms with van der Waals surface area (Å²) in [4.78, 5) is 0. The van der Waals surface area contributed by atoms with E-state index in [9.17, 15) is 0 Å². The molecule has 0 spiro atoms. The summed E-state index contributed by atoms with van der Waals surface area (Å²) in [5.74, 6) is 0. The molecule has 0 saturated carbocycles. The smallest absolute Gasteiger partial charge is 0.137 e. The number of halogens is 12. The standard InChI is InChI=1S/6C14H15ClN.6FH/c6*1-16(2,13-6-4-3-5-7-13)14-10-8-12(15)9-11-14;;;;;;/h6*3-11H,1-2H3;6*1H/q6*+1;;;;;;/p-6. The predicted molar refractivity (Wildman–Crippen MR) is 427 cm³/mol. The molecule has 0 aromatic heterocycles. The van der Waals surface area contributed by atoms with Crippen LogP contribution in [0.5, 0.6) is 0 Å². The molecule has 0 aliphatic carbocycles. The maximum atomic E-state index is 5.90. The Bertz CT molecular complexity index is 3510. The molecule has 0 amide bonds. The number of benzene rings is 12. The molecule has 18 heteroatoms. The first-order valence-electron chi connectivity index (χ1n) is 31.6. The Balaban J connectivity index is 0.000000605. The van der Waals surface area contributed by atoms with E-state index in [1.807, 2.05) is 109 Å². The van der Waals surface area contributed by atoms with E-state index in [0.29, 0.717) is 0 Å². The van der Waals surface area contributed by atoms with Crippen LogP contribution >= 0.6 is 69.6 Å². The first kappa shape index (κ1) is 91.7. The maximum absolute atomic E-state index is 5.90. The van der Waals surface area contributed by atoms with E-state index in [0.717, 1.165) is 57.0 Å². The number of hydrogen-bond donors (Lipinski definition) is 0. The lowest BCUT2D eigenvalue weighted by Gasteiger charge is -2.28. The van der Waals surface area contributed by atoms with Crippen LogP contribution in [0.1, 0.15) is 0 Å². The van der Waals surface area contributed by atoms with Crippen molar-refractivity contribution in [1.29, 1.82) is 0 Å². The lowest BCUT2D eigenvalue weighted by molar-refractivity contribution is -0.00100. The van der Waals surface area contributed by atoms with E-state index < -0.39 is 0 Å². The van der Waals surface area contributed by atoms with Gasteiger partial charge in [-0.15, -0.1) is 0 Å². The Labute approximate surface area is 630 Å². The van der Waals surface area contributed by atoms with Crippen LogP contribution < -0.4 is 55.1 Å². The molecule has 0 N–H and O–H groups in total. The zero-order valence-electron chi connectivity index (χ0n) is 59.4. The van der Waals surface area contributed by atoms with Gasteiger partial charge in [0.1, 0.15) is 68.2 Å². The highest BCUT2D eigenvalue weighted by Gasteiger charge is 2.27. The Kier molecular flexibility index (Phi) is 38.1. The minimum Gasteiger partial charge on any atom is -1.00 e. The quantitative estimate of drug-likeness (QED) is 0.0882. The van der Waals surface area contributed by atoms with E-state index >= 15 is 0 Å². The van der Waals surface area contributed by atoms with Crippen molar-refractivity contribution in [3.05, 3.63) is 358 Å². The molecule has 0 heterocycles. The van der Waals surface area contributed by atoms with Gasteiger partial charge in [-0.25, -0.2) is 0 Å². The lowest BCUT2D eigenvalue weighted by Crippen LogP contribution is -3.00. The second-order valence-corrected chi connectivity index (χ2v) is 28.2. The highest BCUT2D eigenvalue weighted by molar-refractivity contribution is 6.32. The second-order valence-electron chi connectivity index (χ2n) is 25.6. The molecule has 0 radical (unpaired) electrons. The van der Waals surface area contributed by atoms with Gasteiger partial charge in [-0.2, -0.15) is 0 Å². The van der Waals surface area contributed by atoms with Gasteiger partial charge < -0.3 is 28.2 Å². The van der Waals surface area contributed by atoms with Gasteiger partial charge in [-0.1, -0.05) is 179 Å². The normalized spacial score (nSPS) is 10.8. The average molecular weight is 1510 g/mol. The van der Waals surface area contributed by atoms with Gasteiger partial charge in [-0.3, -0.25) is 26.9 Å². The van der Waals surface area contributed by atoms with Crippen molar-refractivity contribution < 1.29 is 28.2 Å². The minimum absolute atomic E-state index is 0. The molecular formula is C84H90Cl6F6N6. The Morgan fingerprint density at radius 2 is 0.206 bits per heavy atom. The van der Waals surface area contributed by atoms with E-state index in [1.165, 1.54) is 68.2 Å². The Hall–Kier alpha value is -8.28. The van der Waals surface area contributed by atoms with Crippen LogP contribution in [-0.4, -0.2) is 84.6 Å². The molecule has 6 nitrogen and oxygen atoms in total. The van der Waals surface area contributed by atoms with Gasteiger partial charge in [0.2, 0.25) is 0 Å². The van der Waals surface area contributed by atoms with E-state index in [4.69, 9.17) is 69.6 Å². The molecule has 0 saturated heterocycles. The van der Waals surface area contributed by atoms with Crippen LogP contribution in [0.4, 0.5) is 68.2 Å². The summed E-state index contributed by atoms with van der Waals surface area (Å²) in [6.07, 6.45) is 0. The molecule has 12 aromatic carbocycles. The largest absolute Gasteiger partial charge is 1.00 e. The predicted octanol–water partition coefficient (Wildman–Crippen LogP) is 7.46. The molecule has 102 heavy (non-hydrogen) atoms. The summed E-state index contributed by atoms with van der Waals surface area (Å²) < 4.78 is 4.32. The molecule has 0 fully saturated rings. The third-order valence-corrected chi connectivity index (χ3v) is 18.8. The number of para-hydroxylation sites is 6. The van der Waals surface area contributed by atoms with Crippen LogP contribution in [0.15, 0.2) is 328 Å². The fraction of sp³-hybridized carbons (Fsp3) is 0.143. The summed E-state index contributed by atoms with van der Waals surface area (Å²) in [5, 5.41) is 4.65. The molecule has 0 unspecified atom stereocenters. The summed E-state index contributed by atoms with van der Waals surface area (Å²) >= 11 is 35.4. The Morgan fingerprint density at radius 3 is 0.294 bits per heavy atom. The van der Waals surface area contributed by atoms with Crippen LogP contribution in [0.2, 0.25) is 30.1 Å². The van der Waals surface area contributed by atoms with E-state index in [1.54, 1.807) is 0 Å². The van der Waals surface area contributed by atoms with Crippen molar-refractivity contribution in [1.82, 2.24) is 26.9 Å². The zero-order chi connectivity index (χ0) is 69.6. The van der Waals surface area contributed by atoms with Gasteiger partial charge in [0.15, 0.2) is 0 Å². The van der Waals surface area contributed by atoms with Crippen molar-refractivity contribution in [3.63, 3.8) is 0 Å². The molecule has 12 rings (SSSR count). The molecule has 0 bridgehead atoms. The van der Waals surface area contributed by atoms with Crippen molar-refractivity contribution in [2.24, 2.45) is 0 Å². The topological polar surface area (TPSA) is 0 Å². The summed E-state index contributed by atoms with van der Waals surface area (Å²) in [5.41, 5.74) is 14.8. The lowest BCUT2D eigenvalue weighted by atomic mass is 10.2. The van der Waals surface area contributed by atoms with Gasteiger partial charge in [-0.05, 0) is 146 Å². The molecule has 0 aliphatic rings. The summed E-state index contributed by atoms with van der Waals surface area (Å²) in [7, 11) is 26.0. The number of quaternary nitrogens is 6. The number of nitrogens with zero attached hydrogens (tertiary/aromatic N) is 6. The first-order chi connectivity index (χ1) is 45.6. The van der Waals surface area contributed by atoms with Crippen LogP contribution in [0.3, 0.4) is 0 Å². The van der Waals surface area contributed by atoms with Crippen molar-refractivity contribution in [3.8, 4) is 0 Å². The van der Waals surface area contributed by atoms with Gasteiger partial charge >= 0.3 is 0 Å². The van der Waals surface area contributed by atoms with Crippen molar-refractivity contribution >= 4 is 138 Å². The third-order valence-electron chi connectivity index (χ3n) is 17.2. The fourth-order valence-electron chi connectivity index (χ4n) is 10.6. The summed E-state index contributed by atoms with van der Waals surface area (Å²) in [6.45, 7) is 0. The van der Waals surface area contributed by atoms with E-state index in [2.05, 4.69) is 303 Å². The molecule has 0 aliphatic heterocycles. The van der Waals surface area contributed by atoms with Gasteiger partial charge in [0, 0.05) is 103 Å². The monoisotopic (exact) mass is 1510 g/mol. The second kappa shape index (κ2) is 42.3. The Morgan fingerprint density at radius 1 is 0.127 bits per heavy atom. The van der Waals surface area contributed by atoms with Gasteiger partial charge in [0.05, 0.1) is 84.6 Å². The molecule has 12 aromatic rings. The highest BCUT2D eigenvalue weighted by Crippen LogP contribution is 2.37. The van der Waals surface area contributed by atoms with E-state index in [-0.39, 0.29) is 28.2 Å². The molecular weight excluding hydrogens is 1420 g/mol. The minimum atomic E-state index is 0. The number of rotatable bonds is 12. The van der Waals surface area contributed by atoms with Crippen LogP contribution in [0.25, 0.3) is 0 Å². The van der Waals surface area contributed by atoms with Gasteiger partial charge in [0.25, 0.3) is 0 Å². The molecule has 0 atom stereocenters. The average Bonchev–Trinajstić information content (AvgIpc) is 0.854. The fourth-order valence-corrected chi connectivity index (χ4v) is 11.3. The summed E-state index contributed by atoms with van der Waals surface area (Å²) in [6, 6.07) is 110. The maximum Gasteiger partial charge on any atom is 0.137 e. The van der Waals surface area contributed by atoms with Crippen LogP contribution in [-0.2, 0) is 0 Å². The number of hydrogen-bond acceptors (Lipinski definition) is 0. The SMILES string of the molecule is C[N+](C)(c1ccccc1)c1ccc(Cl)cc1.C[N+](C)(c1ccccc1)c1ccc(Cl)cc1.C[N+](C)(c1ccccc1)c1ccc(Cl)cc1.C[N+](C)(c1ccccc1)c1ccc(Cl)cc1.C[N+](C)(c1ccccc1)c1ccc(Cl)cc1.C[N+](C)(c1ccccc1)c1ccc(Cl)cc1.[F-].[F-].[F-].[F-].[F-].[F-]. The zero-order valence-corrected chi connectivity index (χ0v) is 63.9. The molecule has 540 valence electrons. The van der Waals surface area contributed by atoms with Crippen molar-refractivity contribution in [2.75, 3.05) is 84.6 Å².